The number of hydrogen-bond donors (Lipinski definition) is 0. The standard InChI is InChI=1S/C14H10O6/c15-9-7-12(19-10-4-2-1-3-8(9)10)14(17)20-11-5-6-18-13(11)16/h1-4,7,11H,5-6H2. The quantitative estimate of drug-likeness (QED) is 0.767. The summed E-state index contributed by atoms with van der Waals surface area (Å²) in [4.78, 5) is 35.0. The molecule has 0 amide bonds. The van der Waals surface area contributed by atoms with E-state index in [1.54, 1.807) is 24.3 Å². The third-order valence-corrected chi connectivity index (χ3v) is 2.97. The molecule has 6 nitrogen and oxygen atoms in total. The van der Waals surface area contributed by atoms with Crippen molar-refractivity contribution in [1.82, 2.24) is 0 Å². The summed E-state index contributed by atoms with van der Waals surface area (Å²) in [5, 5.41) is 0.379. The van der Waals surface area contributed by atoms with Gasteiger partial charge in [-0.3, -0.25) is 4.79 Å². The van der Waals surface area contributed by atoms with Crippen molar-refractivity contribution >= 4 is 22.9 Å². The van der Waals surface area contributed by atoms with Crippen molar-refractivity contribution in [3.8, 4) is 0 Å². The SMILES string of the molecule is O=C(OC1CCOC1=O)c1cc(=O)c2ccccc2o1. The van der Waals surface area contributed by atoms with E-state index in [1.165, 1.54) is 0 Å². The first-order valence-corrected chi connectivity index (χ1v) is 6.05. The lowest BCUT2D eigenvalue weighted by molar-refractivity contribution is -0.145. The number of rotatable bonds is 2. The normalized spacial score (nSPS) is 18.0. The molecule has 0 spiro atoms. The van der Waals surface area contributed by atoms with Gasteiger partial charge in [0, 0.05) is 12.5 Å². The van der Waals surface area contributed by atoms with Gasteiger partial charge in [0.2, 0.25) is 11.9 Å². The van der Waals surface area contributed by atoms with E-state index in [9.17, 15) is 14.4 Å². The smallest absolute Gasteiger partial charge is 0.375 e. The number of fused-ring (bicyclic) bond motifs is 1. The third kappa shape index (κ3) is 2.16. The Kier molecular flexibility index (Phi) is 2.98. The van der Waals surface area contributed by atoms with E-state index in [4.69, 9.17) is 9.15 Å². The summed E-state index contributed by atoms with van der Waals surface area (Å²) in [6.45, 7) is 0.221. The minimum atomic E-state index is -0.931. The van der Waals surface area contributed by atoms with Gasteiger partial charge < -0.3 is 13.9 Å². The summed E-state index contributed by atoms with van der Waals surface area (Å²) in [5.41, 5.74) is -0.0475. The molecule has 0 N–H and O–H groups in total. The molecule has 0 bridgehead atoms. The number of para-hydroxylation sites is 1. The van der Waals surface area contributed by atoms with E-state index < -0.39 is 18.0 Å². The zero-order valence-electron chi connectivity index (χ0n) is 10.3. The number of esters is 2. The Morgan fingerprint density at radius 2 is 2.05 bits per heavy atom. The Labute approximate surface area is 112 Å². The van der Waals surface area contributed by atoms with Crippen LogP contribution in [0.3, 0.4) is 0 Å². The Balaban J connectivity index is 1.92. The molecule has 0 aliphatic carbocycles. The van der Waals surface area contributed by atoms with Gasteiger partial charge in [0.15, 0.2) is 5.43 Å². The molecule has 0 radical (unpaired) electrons. The van der Waals surface area contributed by atoms with Crippen LogP contribution in [0, 0.1) is 0 Å². The molecular weight excluding hydrogens is 264 g/mol. The molecule has 6 heteroatoms. The highest BCUT2D eigenvalue weighted by molar-refractivity contribution is 5.91. The molecule has 1 aromatic heterocycles. The maximum Gasteiger partial charge on any atom is 0.375 e. The molecule has 102 valence electrons. The molecule has 1 aliphatic rings. The summed E-state index contributed by atoms with van der Waals surface area (Å²) >= 11 is 0. The highest BCUT2D eigenvalue weighted by Crippen LogP contribution is 2.16. The predicted octanol–water partition coefficient (Wildman–Crippen LogP) is 1.27. The van der Waals surface area contributed by atoms with Crippen molar-refractivity contribution in [2.24, 2.45) is 0 Å². The first-order valence-electron chi connectivity index (χ1n) is 6.05. The number of benzene rings is 1. The summed E-state index contributed by atoms with van der Waals surface area (Å²) < 4.78 is 15.0. The van der Waals surface area contributed by atoms with Gasteiger partial charge in [0.1, 0.15) is 5.58 Å². The maximum absolute atomic E-state index is 11.9. The molecule has 2 heterocycles. The monoisotopic (exact) mass is 274 g/mol. The molecule has 20 heavy (non-hydrogen) atoms. The number of cyclic esters (lactones) is 1. The van der Waals surface area contributed by atoms with E-state index in [2.05, 4.69) is 4.74 Å². The second-order valence-corrected chi connectivity index (χ2v) is 4.32. The van der Waals surface area contributed by atoms with Crippen LogP contribution >= 0.6 is 0 Å². The Morgan fingerprint density at radius 3 is 2.80 bits per heavy atom. The minimum Gasteiger partial charge on any atom is -0.463 e. The predicted molar refractivity (Wildman–Crippen MR) is 67.3 cm³/mol. The van der Waals surface area contributed by atoms with Crippen LogP contribution in [0.2, 0.25) is 0 Å². The summed E-state index contributed by atoms with van der Waals surface area (Å²) in [5.74, 6) is -1.66. The zero-order valence-corrected chi connectivity index (χ0v) is 10.3. The lowest BCUT2D eigenvalue weighted by Gasteiger charge is -2.07. The molecule has 1 unspecified atom stereocenters. The highest BCUT2D eigenvalue weighted by atomic mass is 16.6. The van der Waals surface area contributed by atoms with Crippen LogP contribution in [0.4, 0.5) is 0 Å². The second-order valence-electron chi connectivity index (χ2n) is 4.32. The van der Waals surface area contributed by atoms with Crippen LogP contribution in [0.5, 0.6) is 0 Å². The van der Waals surface area contributed by atoms with Crippen molar-refractivity contribution in [3.63, 3.8) is 0 Å². The van der Waals surface area contributed by atoms with Crippen LogP contribution in [-0.4, -0.2) is 24.6 Å². The maximum atomic E-state index is 11.9. The molecule has 3 rings (SSSR count). The Morgan fingerprint density at radius 1 is 1.25 bits per heavy atom. The number of hydrogen-bond acceptors (Lipinski definition) is 6. The third-order valence-electron chi connectivity index (χ3n) is 2.97. The largest absolute Gasteiger partial charge is 0.463 e. The van der Waals surface area contributed by atoms with Gasteiger partial charge in [-0.15, -0.1) is 0 Å². The molecule has 1 aliphatic heterocycles. The summed E-state index contributed by atoms with van der Waals surface area (Å²) in [6.07, 6.45) is -0.623. The van der Waals surface area contributed by atoms with E-state index in [0.717, 1.165) is 6.07 Å². The van der Waals surface area contributed by atoms with Crippen molar-refractivity contribution in [1.29, 1.82) is 0 Å². The minimum absolute atomic E-state index is 0.221. The second kappa shape index (κ2) is 4.80. The molecule has 1 fully saturated rings. The van der Waals surface area contributed by atoms with Crippen molar-refractivity contribution < 1.29 is 23.5 Å². The topological polar surface area (TPSA) is 82.8 Å². The van der Waals surface area contributed by atoms with Crippen molar-refractivity contribution in [3.05, 3.63) is 46.3 Å². The fourth-order valence-electron chi connectivity index (χ4n) is 1.98. The number of carbonyl (C=O) groups excluding carboxylic acids is 2. The number of ether oxygens (including phenoxy) is 2. The molecule has 0 saturated carbocycles. The van der Waals surface area contributed by atoms with Crippen molar-refractivity contribution in [2.45, 2.75) is 12.5 Å². The van der Waals surface area contributed by atoms with Gasteiger partial charge in [0.25, 0.3) is 0 Å². The van der Waals surface area contributed by atoms with E-state index >= 15 is 0 Å². The van der Waals surface area contributed by atoms with Gasteiger partial charge in [-0.1, -0.05) is 12.1 Å². The summed E-state index contributed by atoms with van der Waals surface area (Å²) in [7, 11) is 0. The molecule has 1 saturated heterocycles. The van der Waals surface area contributed by atoms with Gasteiger partial charge in [-0.2, -0.15) is 0 Å². The number of carbonyl (C=O) groups is 2. The van der Waals surface area contributed by atoms with Gasteiger partial charge in [0.05, 0.1) is 12.0 Å². The van der Waals surface area contributed by atoms with Crippen LogP contribution < -0.4 is 5.43 Å². The molecule has 1 atom stereocenters. The average Bonchev–Trinajstić information content (AvgIpc) is 2.84. The van der Waals surface area contributed by atoms with Crippen LogP contribution in [0.1, 0.15) is 17.0 Å². The van der Waals surface area contributed by atoms with Crippen LogP contribution in [0.25, 0.3) is 11.0 Å². The van der Waals surface area contributed by atoms with E-state index in [-0.39, 0.29) is 17.8 Å². The molecule has 2 aromatic rings. The molecular formula is C14H10O6. The van der Waals surface area contributed by atoms with Crippen LogP contribution in [-0.2, 0) is 14.3 Å². The van der Waals surface area contributed by atoms with Gasteiger partial charge in [-0.25, -0.2) is 9.59 Å². The first-order chi connectivity index (χ1) is 9.65. The van der Waals surface area contributed by atoms with Crippen LogP contribution in [0.15, 0.2) is 39.5 Å². The molecule has 1 aromatic carbocycles. The highest BCUT2D eigenvalue weighted by Gasteiger charge is 2.31. The fraction of sp³-hybridized carbons (Fsp3) is 0.214. The Hall–Kier alpha value is -2.63. The van der Waals surface area contributed by atoms with E-state index in [0.29, 0.717) is 17.4 Å². The van der Waals surface area contributed by atoms with E-state index in [1.807, 2.05) is 0 Å². The fourth-order valence-corrected chi connectivity index (χ4v) is 1.98. The average molecular weight is 274 g/mol. The zero-order chi connectivity index (χ0) is 14.1. The Bertz CT molecular complexity index is 745. The summed E-state index contributed by atoms with van der Waals surface area (Å²) in [6, 6.07) is 7.63. The first kappa shape index (κ1) is 12.4. The lowest BCUT2D eigenvalue weighted by Crippen LogP contribution is -2.23. The lowest BCUT2D eigenvalue weighted by atomic mass is 10.2. The van der Waals surface area contributed by atoms with Gasteiger partial charge in [-0.05, 0) is 12.1 Å². The van der Waals surface area contributed by atoms with Crippen molar-refractivity contribution in [2.75, 3.05) is 6.61 Å². The van der Waals surface area contributed by atoms with Gasteiger partial charge >= 0.3 is 11.9 Å².